The summed E-state index contributed by atoms with van der Waals surface area (Å²) in [6.45, 7) is 2.16. The molecule has 1 nitrogen and oxygen atoms in total. The topological polar surface area (TPSA) is 12.9 Å². The molecule has 1 heterocycles. The van der Waals surface area contributed by atoms with Crippen molar-refractivity contribution in [2.45, 2.75) is 45.4 Å². The summed E-state index contributed by atoms with van der Waals surface area (Å²) >= 11 is 6.00. The SMILES string of the molecule is CCc1nc(Cl)cc2c1CCCCC2. The van der Waals surface area contributed by atoms with Gasteiger partial charge in [-0.25, -0.2) is 4.98 Å². The lowest BCUT2D eigenvalue weighted by atomic mass is 10.0. The summed E-state index contributed by atoms with van der Waals surface area (Å²) in [6.07, 6.45) is 7.34. The molecule has 0 saturated carbocycles. The first-order valence-electron chi connectivity index (χ1n) is 5.48. The van der Waals surface area contributed by atoms with Crippen LogP contribution in [0.1, 0.15) is 43.0 Å². The van der Waals surface area contributed by atoms with Crippen molar-refractivity contribution in [1.82, 2.24) is 4.98 Å². The normalized spacial score (nSPS) is 16.1. The molecule has 0 atom stereocenters. The highest BCUT2D eigenvalue weighted by Gasteiger charge is 2.13. The van der Waals surface area contributed by atoms with Gasteiger partial charge in [-0.1, -0.05) is 24.9 Å². The van der Waals surface area contributed by atoms with Crippen molar-refractivity contribution in [2.75, 3.05) is 0 Å². The molecule has 0 fully saturated rings. The first kappa shape index (κ1) is 9.97. The predicted molar refractivity (Wildman–Crippen MR) is 59.9 cm³/mol. The van der Waals surface area contributed by atoms with Crippen LogP contribution in [0.15, 0.2) is 6.07 Å². The molecular weight excluding hydrogens is 194 g/mol. The van der Waals surface area contributed by atoms with E-state index in [2.05, 4.69) is 18.0 Å². The van der Waals surface area contributed by atoms with Gasteiger partial charge in [0.1, 0.15) is 5.15 Å². The molecule has 0 unspecified atom stereocenters. The maximum Gasteiger partial charge on any atom is 0.129 e. The van der Waals surface area contributed by atoms with Gasteiger partial charge >= 0.3 is 0 Å². The van der Waals surface area contributed by atoms with Gasteiger partial charge in [-0.2, -0.15) is 0 Å². The van der Waals surface area contributed by atoms with Crippen LogP contribution in [-0.2, 0) is 19.3 Å². The van der Waals surface area contributed by atoms with Crippen molar-refractivity contribution in [3.63, 3.8) is 0 Å². The molecule has 76 valence electrons. The molecule has 2 heteroatoms. The number of hydrogen-bond donors (Lipinski definition) is 0. The van der Waals surface area contributed by atoms with Gasteiger partial charge in [-0.05, 0) is 49.3 Å². The highest BCUT2D eigenvalue weighted by atomic mass is 35.5. The number of aromatic nitrogens is 1. The van der Waals surface area contributed by atoms with E-state index in [1.54, 1.807) is 0 Å². The Kier molecular flexibility index (Phi) is 3.07. The van der Waals surface area contributed by atoms with Gasteiger partial charge in [0.2, 0.25) is 0 Å². The van der Waals surface area contributed by atoms with E-state index < -0.39 is 0 Å². The third-order valence-electron chi connectivity index (χ3n) is 2.98. The fraction of sp³-hybridized carbons (Fsp3) is 0.583. The van der Waals surface area contributed by atoms with Crippen molar-refractivity contribution in [3.8, 4) is 0 Å². The Morgan fingerprint density at radius 1 is 1.29 bits per heavy atom. The number of rotatable bonds is 1. The molecule has 1 aliphatic carbocycles. The summed E-state index contributed by atoms with van der Waals surface area (Å²) in [6, 6.07) is 2.06. The van der Waals surface area contributed by atoms with Crippen molar-refractivity contribution in [3.05, 3.63) is 28.0 Å². The van der Waals surface area contributed by atoms with Gasteiger partial charge < -0.3 is 0 Å². The number of aryl methyl sites for hydroxylation is 2. The van der Waals surface area contributed by atoms with E-state index in [9.17, 15) is 0 Å². The molecule has 0 aromatic carbocycles. The summed E-state index contributed by atoms with van der Waals surface area (Å²) in [7, 11) is 0. The van der Waals surface area contributed by atoms with Crippen molar-refractivity contribution >= 4 is 11.6 Å². The van der Waals surface area contributed by atoms with Crippen molar-refractivity contribution < 1.29 is 0 Å². The van der Waals surface area contributed by atoms with E-state index in [0.29, 0.717) is 5.15 Å². The zero-order chi connectivity index (χ0) is 9.97. The molecule has 1 aromatic heterocycles. The van der Waals surface area contributed by atoms with Gasteiger partial charge in [0.15, 0.2) is 0 Å². The number of hydrogen-bond acceptors (Lipinski definition) is 1. The van der Waals surface area contributed by atoms with Crippen LogP contribution in [0.5, 0.6) is 0 Å². The Bertz CT molecular complexity index is 333. The van der Waals surface area contributed by atoms with Gasteiger partial charge in [0.25, 0.3) is 0 Å². The second kappa shape index (κ2) is 4.31. The highest BCUT2D eigenvalue weighted by molar-refractivity contribution is 6.29. The summed E-state index contributed by atoms with van der Waals surface area (Å²) in [5.74, 6) is 0. The Morgan fingerprint density at radius 2 is 2.07 bits per heavy atom. The van der Waals surface area contributed by atoms with Gasteiger partial charge in [-0.3, -0.25) is 0 Å². The van der Waals surface area contributed by atoms with E-state index in [4.69, 9.17) is 11.6 Å². The first-order chi connectivity index (χ1) is 6.81. The molecule has 0 spiro atoms. The highest BCUT2D eigenvalue weighted by Crippen LogP contribution is 2.25. The number of fused-ring (bicyclic) bond motifs is 1. The first-order valence-corrected chi connectivity index (χ1v) is 5.86. The summed E-state index contributed by atoms with van der Waals surface area (Å²) in [5.41, 5.74) is 4.14. The zero-order valence-corrected chi connectivity index (χ0v) is 9.40. The van der Waals surface area contributed by atoms with E-state index in [1.807, 2.05) is 0 Å². The molecule has 1 aliphatic rings. The lowest BCUT2D eigenvalue weighted by Gasteiger charge is -2.10. The molecular formula is C12H16ClN. The monoisotopic (exact) mass is 209 g/mol. The maximum atomic E-state index is 6.00. The van der Waals surface area contributed by atoms with Gasteiger partial charge in [-0.15, -0.1) is 0 Å². The molecule has 0 bridgehead atoms. The fourth-order valence-corrected chi connectivity index (χ4v) is 2.49. The van der Waals surface area contributed by atoms with Crippen LogP contribution in [0.3, 0.4) is 0 Å². The lowest BCUT2D eigenvalue weighted by Crippen LogP contribution is -2.01. The van der Waals surface area contributed by atoms with E-state index in [0.717, 1.165) is 6.42 Å². The minimum absolute atomic E-state index is 0.669. The van der Waals surface area contributed by atoms with E-state index in [1.165, 1.54) is 48.9 Å². The van der Waals surface area contributed by atoms with Crippen LogP contribution in [0, 0.1) is 0 Å². The average Bonchev–Trinajstić information content (AvgIpc) is 2.41. The Balaban J connectivity index is 2.46. The Labute approximate surface area is 90.5 Å². The molecule has 1 aromatic rings. The Hall–Kier alpha value is -0.560. The summed E-state index contributed by atoms with van der Waals surface area (Å²) < 4.78 is 0. The molecule has 2 rings (SSSR count). The molecule has 0 radical (unpaired) electrons. The third kappa shape index (κ3) is 1.93. The quantitative estimate of drug-likeness (QED) is 0.509. The van der Waals surface area contributed by atoms with Crippen molar-refractivity contribution in [1.29, 1.82) is 0 Å². The molecule has 0 saturated heterocycles. The van der Waals surface area contributed by atoms with Gasteiger partial charge in [0.05, 0.1) is 0 Å². The van der Waals surface area contributed by atoms with Crippen LogP contribution in [0.25, 0.3) is 0 Å². The fourth-order valence-electron chi connectivity index (χ4n) is 2.26. The minimum atomic E-state index is 0.669. The van der Waals surface area contributed by atoms with Crippen LogP contribution in [0.4, 0.5) is 0 Å². The third-order valence-corrected chi connectivity index (χ3v) is 3.17. The minimum Gasteiger partial charge on any atom is -0.241 e. The molecule has 0 amide bonds. The van der Waals surface area contributed by atoms with Crippen LogP contribution >= 0.6 is 11.6 Å². The second-order valence-corrected chi connectivity index (χ2v) is 4.33. The maximum absolute atomic E-state index is 6.00. The zero-order valence-electron chi connectivity index (χ0n) is 8.65. The van der Waals surface area contributed by atoms with Crippen molar-refractivity contribution in [2.24, 2.45) is 0 Å². The molecule has 0 aliphatic heterocycles. The van der Waals surface area contributed by atoms with E-state index in [-0.39, 0.29) is 0 Å². The molecule has 0 N–H and O–H groups in total. The number of nitrogens with zero attached hydrogens (tertiary/aromatic N) is 1. The standard InChI is InChI=1S/C12H16ClN/c1-2-11-10-7-5-3-4-6-9(10)8-12(13)14-11/h8H,2-7H2,1H3. The van der Waals surface area contributed by atoms with E-state index >= 15 is 0 Å². The van der Waals surface area contributed by atoms with Gasteiger partial charge in [0, 0.05) is 5.69 Å². The summed E-state index contributed by atoms with van der Waals surface area (Å²) in [5, 5.41) is 0.669. The van der Waals surface area contributed by atoms with Crippen LogP contribution in [-0.4, -0.2) is 4.98 Å². The smallest absolute Gasteiger partial charge is 0.129 e. The van der Waals surface area contributed by atoms with Crippen LogP contribution < -0.4 is 0 Å². The lowest BCUT2D eigenvalue weighted by molar-refractivity contribution is 0.710. The predicted octanol–water partition coefficient (Wildman–Crippen LogP) is 3.57. The second-order valence-electron chi connectivity index (χ2n) is 3.94. The number of pyridine rings is 1. The Morgan fingerprint density at radius 3 is 2.86 bits per heavy atom. The number of halogens is 1. The average molecular weight is 210 g/mol. The largest absolute Gasteiger partial charge is 0.241 e. The summed E-state index contributed by atoms with van der Waals surface area (Å²) in [4.78, 5) is 4.41. The molecule has 14 heavy (non-hydrogen) atoms. The van der Waals surface area contributed by atoms with Crippen LogP contribution in [0.2, 0.25) is 5.15 Å².